The Hall–Kier alpha value is -1.32. The second-order valence-corrected chi connectivity index (χ2v) is 6.56. The summed E-state index contributed by atoms with van der Waals surface area (Å²) in [7, 11) is 0. The van der Waals surface area contributed by atoms with Gasteiger partial charge in [0.2, 0.25) is 5.91 Å². The van der Waals surface area contributed by atoms with Crippen molar-refractivity contribution in [2.45, 2.75) is 77.7 Å². The van der Waals surface area contributed by atoms with E-state index in [0.29, 0.717) is 6.54 Å². The van der Waals surface area contributed by atoms with Crippen molar-refractivity contribution < 1.29 is 4.79 Å². The zero-order chi connectivity index (χ0) is 15.6. The Morgan fingerprint density at radius 1 is 1.14 bits per heavy atom. The fourth-order valence-electron chi connectivity index (χ4n) is 3.33. The van der Waals surface area contributed by atoms with Crippen LogP contribution in [0.2, 0.25) is 0 Å². The van der Waals surface area contributed by atoms with Gasteiger partial charge in [-0.3, -0.25) is 4.79 Å². The number of hydrogen-bond acceptors (Lipinski definition) is 2. The molecule has 0 spiro atoms. The van der Waals surface area contributed by atoms with Crippen LogP contribution >= 0.6 is 0 Å². The zero-order valence-electron chi connectivity index (χ0n) is 14.0. The van der Waals surface area contributed by atoms with Gasteiger partial charge < -0.3 is 9.88 Å². The summed E-state index contributed by atoms with van der Waals surface area (Å²) >= 11 is 0. The molecule has 0 aliphatic heterocycles. The van der Waals surface area contributed by atoms with E-state index in [1.54, 1.807) is 6.20 Å². The van der Waals surface area contributed by atoms with Gasteiger partial charge in [0.05, 0.1) is 0 Å². The van der Waals surface area contributed by atoms with Crippen LogP contribution in [0, 0.1) is 12.8 Å². The van der Waals surface area contributed by atoms with Gasteiger partial charge >= 0.3 is 0 Å². The number of nitrogens with one attached hydrogen (secondary N) is 1. The molecule has 1 saturated carbocycles. The lowest BCUT2D eigenvalue weighted by atomic mass is 9.94. The Labute approximate surface area is 134 Å². The molecule has 1 aliphatic rings. The Balaban J connectivity index is 1.74. The molecular weight excluding hydrogens is 274 g/mol. The van der Waals surface area contributed by atoms with Gasteiger partial charge in [-0.25, -0.2) is 4.98 Å². The fourth-order valence-corrected chi connectivity index (χ4v) is 3.33. The highest BCUT2D eigenvalue weighted by molar-refractivity contribution is 5.78. The highest BCUT2D eigenvalue weighted by Crippen LogP contribution is 2.21. The Kier molecular flexibility index (Phi) is 7.47. The van der Waals surface area contributed by atoms with Crippen LogP contribution < -0.4 is 5.32 Å². The van der Waals surface area contributed by atoms with Crippen molar-refractivity contribution in [3.05, 3.63) is 18.2 Å². The molecule has 4 heteroatoms. The lowest BCUT2D eigenvalue weighted by molar-refractivity contribution is -0.125. The van der Waals surface area contributed by atoms with Crippen molar-refractivity contribution in [3.8, 4) is 0 Å². The normalized spacial score (nSPS) is 18.6. The van der Waals surface area contributed by atoms with E-state index in [1.807, 2.05) is 13.1 Å². The molecule has 1 amide bonds. The standard InChI is InChI=1S/C18H31N3O/c1-16-19-12-14-21(16)15-13-20-18(22)17-10-8-6-4-2-3-5-7-9-11-17/h12,14,17H,2-11,13,15H2,1H3,(H,20,22). The maximum atomic E-state index is 12.4. The van der Waals surface area contributed by atoms with Crippen molar-refractivity contribution in [3.63, 3.8) is 0 Å². The van der Waals surface area contributed by atoms with E-state index >= 15 is 0 Å². The molecule has 1 aromatic heterocycles. The number of amides is 1. The molecule has 22 heavy (non-hydrogen) atoms. The minimum absolute atomic E-state index is 0.224. The largest absolute Gasteiger partial charge is 0.354 e. The van der Waals surface area contributed by atoms with Crippen molar-refractivity contribution in [2.24, 2.45) is 5.92 Å². The summed E-state index contributed by atoms with van der Waals surface area (Å²) in [5.74, 6) is 1.49. The molecule has 0 bridgehead atoms. The molecule has 124 valence electrons. The first kappa shape index (κ1) is 17.0. The van der Waals surface area contributed by atoms with E-state index in [4.69, 9.17) is 0 Å². The number of imidazole rings is 1. The van der Waals surface area contributed by atoms with E-state index in [0.717, 1.165) is 25.2 Å². The molecule has 1 aromatic rings. The number of nitrogens with zero attached hydrogens (tertiary/aromatic N) is 2. The molecule has 0 saturated heterocycles. The third-order valence-corrected chi connectivity index (χ3v) is 4.80. The van der Waals surface area contributed by atoms with Crippen molar-refractivity contribution in [2.75, 3.05) is 6.54 Å². The molecule has 0 radical (unpaired) electrons. The number of hydrogen-bond donors (Lipinski definition) is 1. The first-order valence-corrected chi connectivity index (χ1v) is 9.03. The topological polar surface area (TPSA) is 46.9 Å². The average molecular weight is 305 g/mol. The minimum atomic E-state index is 0.224. The monoisotopic (exact) mass is 305 g/mol. The number of aryl methyl sites for hydroxylation is 1. The van der Waals surface area contributed by atoms with E-state index < -0.39 is 0 Å². The predicted octanol–water partition coefficient (Wildman–Crippen LogP) is 3.84. The number of aromatic nitrogens is 2. The molecule has 0 aromatic carbocycles. The van der Waals surface area contributed by atoms with E-state index in [-0.39, 0.29) is 11.8 Å². The van der Waals surface area contributed by atoms with Crippen molar-refractivity contribution in [1.82, 2.24) is 14.9 Å². The quantitative estimate of drug-likeness (QED) is 0.918. The number of carbonyl (C=O) groups is 1. The second kappa shape index (κ2) is 9.65. The van der Waals surface area contributed by atoms with Crippen LogP contribution in [-0.4, -0.2) is 22.0 Å². The van der Waals surface area contributed by atoms with E-state index in [2.05, 4.69) is 14.9 Å². The number of rotatable bonds is 4. The highest BCUT2D eigenvalue weighted by atomic mass is 16.1. The van der Waals surface area contributed by atoms with Crippen LogP contribution in [0.4, 0.5) is 0 Å². The third-order valence-electron chi connectivity index (χ3n) is 4.80. The summed E-state index contributed by atoms with van der Waals surface area (Å²) in [5, 5.41) is 3.13. The van der Waals surface area contributed by atoms with Crippen LogP contribution in [-0.2, 0) is 11.3 Å². The van der Waals surface area contributed by atoms with Gasteiger partial charge in [0.25, 0.3) is 0 Å². The SMILES string of the molecule is Cc1nccn1CCNC(=O)C1CCCCCCCCCC1. The molecular formula is C18H31N3O. The summed E-state index contributed by atoms with van der Waals surface area (Å²) < 4.78 is 2.08. The van der Waals surface area contributed by atoms with Gasteiger partial charge in [-0.1, -0.05) is 51.4 Å². The first-order valence-electron chi connectivity index (χ1n) is 9.03. The predicted molar refractivity (Wildman–Crippen MR) is 89.6 cm³/mol. The van der Waals surface area contributed by atoms with Crippen LogP contribution in [0.25, 0.3) is 0 Å². The highest BCUT2D eigenvalue weighted by Gasteiger charge is 2.17. The molecule has 0 unspecified atom stereocenters. The molecule has 2 rings (SSSR count). The summed E-state index contributed by atoms with van der Waals surface area (Å²) in [5.41, 5.74) is 0. The maximum Gasteiger partial charge on any atom is 0.223 e. The van der Waals surface area contributed by atoms with Gasteiger partial charge in [-0.05, 0) is 19.8 Å². The van der Waals surface area contributed by atoms with E-state index in [9.17, 15) is 4.79 Å². The zero-order valence-corrected chi connectivity index (χ0v) is 14.0. The summed E-state index contributed by atoms with van der Waals surface area (Å²) in [6.45, 7) is 3.50. The third kappa shape index (κ3) is 5.82. The van der Waals surface area contributed by atoms with Gasteiger partial charge in [-0.15, -0.1) is 0 Å². The van der Waals surface area contributed by atoms with Gasteiger partial charge in [0.15, 0.2) is 0 Å². The maximum absolute atomic E-state index is 12.4. The van der Waals surface area contributed by atoms with Gasteiger partial charge in [0, 0.05) is 31.4 Å². The lowest BCUT2D eigenvalue weighted by Crippen LogP contribution is -2.33. The lowest BCUT2D eigenvalue weighted by Gasteiger charge is -2.17. The molecule has 4 nitrogen and oxygen atoms in total. The van der Waals surface area contributed by atoms with E-state index in [1.165, 1.54) is 51.4 Å². The fraction of sp³-hybridized carbons (Fsp3) is 0.778. The van der Waals surface area contributed by atoms with Gasteiger partial charge in [-0.2, -0.15) is 0 Å². The second-order valence-electron chi connectivity index (χ2n) is 6.56. The smallest absolute Gasteiger partial charge is 0.223 e. The molecule has 1 heterocycles. The average Bonchev–Trinajstić information content (AvgIpc) is 2.89. The molecule has 1 fully saturated rings. The van der Waals surface area contributed by atoms with Crippen LogP contribution in [0.15, 0.2) is 12.4 Å². The van der Waals surface area contributed by atoms with Crippen molar-refractivity contribution >= 4 is 5.91 Å². The van der Waals surface area contributed by atoms with Crippen LogP contribution in [0.5, 0.6) is 0 Å². The number of carbonyl (C=O) groups excluding carboxylic acids is 1. The van der Waals surface area contributed by atoms with Crippen LogP contribution in [0.1, 0.15) is 70.0 Å². The Bertz CT molecular complexity index is 429. The minimum Gasteiger partial charge on any atom is -0.354 e. The molecule has 0 atom stereocenters. The van der Waals surface area contributed by atoms with Gasteiger partial charge in [0.1, 0.15) is 5.82 Å². The summed E-state index contributed by atoms with van der Waals surface area (Å²) in [4.78, 5) is 16.6. The Morgan fingerprint density at radius 3 is 2.27 bits per heavy atom. The summed E-state index contributed by atoms with van der Waals surface area (Å²) in [6.07, 6.45) is 16.3. The Morgan fingerprint density at radius 2 is 1.73 bits per heavy atom. The van der Waals surface area contributed by atoms with Crippen LogP contribution in [0.3, 0.4) is 0 Å². The first-order chi connectivity index (χ1) is 10.8. The van der Waals surface area contributed by atoms with Crippen molar-refractivity contribution in [1.29, 1.82) is 0 Å². The summed E-state index contributed by atoms with van der Waals surface area (Å²) in [6, 6.07) is 0. The molecule has 1 N–H and O–H groups in total. The molecule has 1 aliphatic carbocycles.